The molecular weight excluding hydrogens is 325 g/mol. The molecule has 5 nitrogen and oxygen atoms in total. The molecule has 0 saturated carbocycles. The van der Waals surface area contributed by atoms with Crippen molar-refractivity contribution in [2.75, 3.05) is 7.11 Å². The van der Waals surface area contributed by atoms with E-state index < -0.39 is 27.3 Å². The lowest BCUT2D eigenvalue weighted by atomic mass is 9.88. The van der Waals surface area contributed by atoms with E-state index in [4.69, 9.17) is 0 Å². The first-order valence-electron chi connectivity index (χ1n) is 6.40. The van der Waals surface area contributed by atoms with Crippen LogP contribution >= 0.6 is 0 Å². The van der Waals surface area contributed by atoms with Crippen LogP contribution in [0.1, 0.15) is 34.3 Å². The number of fused-ring (bicyclic) bond motifs is 1. The summed E-state index contributed by atoms with van der Waals surface area (Å²) in [6.07, 6.45) is 2.73. The van der Waals surface area contributed by atoms with Gasteiger partial charge in [0.15, 0.2) is 0 Å². The number of hydrogen-bond acceptors (Lipinski definition) is 5. The van der Waals surface area contributed by atoms with Gasteiger partial charge in [0.25, 0.3) is 0 Å². The average Bonchev–Trinajstić information content (AvgIpc) is 2.44. The molecule has 1 aromatic carbocycles. The highest BCUT2D eigenvalue weighted by Gasteiger charge is 2.48. The minimum Gasteiger partial charge on any atom is -0.465 e. The molecule has 0 N–H and O–H groups in total. The summed E-state index contributed by atoms with van der Waals surface area (Å²) in [6, 6.07) is 2.20. The number of alkyl halides is 3. The van der Waals surface area contributed by atoms with Gasteiger partial charge in [-0.1, -0.05) is 0 Å². The van der Waals surface area contributed by atoms with E-state index in [1.807, 2.05) is 0 Å². The third-order valence-corrected chi connectivity index (χ3v) is 4.31. The summed E-state index contributed by atoms with van der Waals surface area (Å²) >= 11 is 0. The average molecular weight is 338 g/mol. The molecule has 0 saturated heterocycles. The van der Waals surface area contributed by atoms with Gasteiger partial charge in [-0.25, -0.2) is 4.79 Å². The van der Waals surface area contributed by atoms with Crippen LogP contribution < -0.4 is 4.18 Å². The predicted molar refractivity (Wildman–Crippen MR) is 70.0 cm³/mol. The van der Waals surface area contributed by atoms with Crippen LogP contribution in [-0.4, -0.2) is 27.0 Å². The van der Waals surface area contributed by atoms with Crippen molar-refractivity contribution in [2.24, 2.45) is 0 Å². The number of halogens is 3. The molecule has 22 heavy (non-hydrogen) atoms. The first-order chi connectivity index (χ1) is 10.2. The Hall–Kier alpha value is -1.77. The van der Waals surface area contributed by atoms with Crippen LogP contribution in [0.4, 0.5) is 13.2 Å². The summed E-state index contributed by atoms with van der Waals surface area (Å²) in [5, 5.41) is 0. The van der Waals surface area contributed by atoms with Crippen LogP contribution in [-0.2, 0) is 27.7 Å². The molecule has 9 heteroatoms. The molecule has 0 amide bonds. The maximum atomic E-state index is 12.4. The minimum absolute atomic E-state index is 0.0343. The van der Waals surface area contributed by atoms with E-state index in [1.165, 1.54) is 6.07 Å². The van der Waals surface area contributed by atoms with Crippen molar-refractivity contribution in [2.45, 2.75) is 31.2 Å². The van der Waals surface area contributed by atoms with Crippen LogP contribution in [0.15, 0.2) is 12.1 Å². The third kappa shape index (κ3) is 3.18. The Morgan fingerprint density at radius 2 is 1.82 bits per heavy atom. The maximum absolute atomic E-state index is 12.4. The topological polar surface area (TPSA) is 69.7 Å². The number of rotatable bonds is 3. The van der Waals surface area contributed by atoms with Crippen LogP contribution in [0.5, 0.6) is 5.75 Å². The lowest BCUT2D eigenvalue weighted by Gasteiger charge is -2.20. The van der Waals surface area contributed by atoms with E-state index >= 15 is 0 Å². The zero-order valence-corrected chi connectivity index (χ0v) is 12.4. The van der Waals surface area contributed by atoms with Gasteiger partial charge in [-0.3, -0.25) is 0 Å². The van der Waals surface area contributed by atoms with E-state index in [9.17, 15) is 26.4 Å². The van der Waals surface area contributed by atoms with Crippen LogP contribution in [0, 0.1) is 0 Å². The molecular formula is C13H13F3O5S. The van der Waals surface area contributed by atoms with E-state index in [0.29, 0.717) is 24.0 Å². The smallest absolute Gasteiger partial charge is 0.465 e. The van der Waals surface area contributed by atoms with Crippen LogP contribution in [0.25, 0.3) is 0 Å². The molecule has 2 rings (SSSR count). The molecule has 1 aliphatic rings. The zero-order valence-electron chi connectivity index (χ0n) is 11.6. The fourth-order valence-electron chi connectivity index (χ4n) is 2.35. The van der Waals surface area contributed by atoms with Gasteiger partial charge in [-0.2, -0.15) is 21.6 Å². The van der Waals surface area contributed by atoms with Crippen molar-refractivity contribution in [3.8, 4) is 5.75 Å². The van der Waals surface area contributed by atoms with Gasteiger partial charge in [-0.05, 0) is 48.9 Å². The van der Waals surface area contributed by atoms with Gasteiger partial charge in [0.2, 0.25) is 0 Å². The molecule has 0 aromatic heterocycles. The van der Waals surface area contributed by atoms with Gasteiger partial charge >= 0.3 is 21.6 Å². The number of aryl methyl sites for hydroxylation is 1. The Labute approximate surface area is 125 Å². The number of carbonyl (C=O) groups is 1. The van der Waals surface area contributed by atoms with Crippen molar-refractivity contribution in [3.63, 3.8) is 0 Å². The first kappa shape index (κ1) is 16.6. The van der Waals surface area contributed by atoms with Gasteiger partial charge < -0.3 is 8.92 Å². The number of hydrogen-bond donors (Lipinski definition) is 0. The SMILES string of the molecule is COC(=O)c1cc(OS(=O)(=O)C(F)(F)F)cc2c1CCCC2. The Bertz CT molecular complexity index is 694. The summed E-state index contributed by atoms with van der Waals surface area (Å²) in [5.74, 6) is -1.29. The molecule has 0 aliphatic heterocycles. The van der Waals surface area contributed by atoms with Crippen LogP contribution in [0.3, 0.4) is 0 Å². The lowest BCUT2D eigenvalue weighted by molar-refractivity contribution is -0.0500. The molecule has 0 heterocycles. The van der Waals surface area contributed by atoms with Crippen molar-refractivity contribution in [3.05, 3.63) is 28.8 Å². The zero-order chi connectivity index (χ0) is 16.5. The highest BCUT2D eigenvalue weighted by atomic mass is 32.2. The van der Waals surface area contributed by atoms with Gasteiger partial charge in [0.1, 0.15) is 5.75 Å². The van der Waals surface area contributed by atoms with E-state index in [-0.39, 0.29) is 5.56 Å². The highest BCUT2D eigenvalue weighted by Crippen LogP contribution is 2.33. The van der Waals surface area contributed by atoms with Crippen molar-refractivity contribution in [1.29, 1.82) is 0 Å². The monoisotopic (exact) mass is 338 g/mol. The Kier molecular flexibility index (Phi) is 4.37. The van der Waals surface area contributed by atoms with E-state index in [1.54, 1.807) is 0 Å². The Morgan fingerprint density at radius 3 is 2.41 bits per heavy atom. The summed E-state index contributed by atoms with van der Waals surface area (Å²) in [6.45, 7) is 0. The quantitative estimate of drug-likeness (QED) is 0.481. The number of carbonyl (C=O) groups excluding carboxylic acids is 1. The molecule has 1 aliphatic carbocycles. The summed E-state index contributed by atoms with van der Waals surface area (Å²) in [4.78, 5) is 11.8. The standard InChI is InChI=1S/C13H13F3O5S/c1-20-12(17)11-7-9(21-22(18,19)13(14,15)16)6-8-4-2-3-5-10(8)11/h6-7H,2-5H2,1H3. The van der Waals surface area contributed by atoms with E-state index in [2.05, 4.69) is 8.92 Å². The van der Waals surface area contributed by atoms with Crippen LogP contribution in [0.2, 0.25) is 0 Å². The predicted octanol–water partition coefficient (Wildman–Crippen LogP) is 2.58. The second kappa shape index (κ2) is 5.79. The minimum atomic E-state index is -5.78. The Balaban J connectivity index is 2.48. The fourth-order valence-corrected chi connectivity index (χ4v) is 2.80. The van der Waals surface area contributed by atoms with Gasteiger partial charge in [0.05, 0.1) is 12.7 Å². The molecule has 1 aromatic rings. The Morgan fingerprint density at radius 1 is 1.18 bits per heavy atom. The molecule has 122 valence electrons. The molecule has 0 unspecified atom stereocenters. The second-order valence-electron chi connectivity index (χ2n) is 4.79. The summed E-state index contributed by atoms with van der Waals surface area (Å²) in [5.41, 5.74) is -4.24. The van der Waals surface area contributed by atoms with Gasteiger partial charge in [-0.15, -0.1) is 0 Å². The van der Waals surface area contributed by atoms with E-state index in [0.717, 1.165) is 26.0 Å². The largest absolute Gasteiger partial charge is 0.534 e. The van der Waals surface area contributed by atoms with Crippen molar-refractivity contribution < 1.29 is 35.3 Å². The molecule has 0 fully saturated rings. The van der Waals surface area contributed by atoms with Crippen molar-refractivity contribution in [1.82, 2.24) is 0 Å². The number of esters is 1. The first-order valence-corrected chi connectivity index (χ1v) is 7.81. The summed E-state index contributed by atoms with van der Waals surface area (Å²) < 4.78 is 68.0. The number of methoxy groups -OCH3 is 1. The molecule has 0 atom stereocenters. The normalized spacial score (nSPS) is 15.1. The third-order valence-electron chi connectivity index (χ3n) is 3.33. The fraction of sp³-hybridized carbons (Fsp3) is 0.462. The number of ether oxygens (including phenoxy) is 1. The van der Waals surface area contributed by atoms with Crippen molar-refractivity contribution >= 4 is 16.1 Å². The molecule has 0 radical (unpaired) electrons. The maximum Gasteiger partial charge on any atom is 0.534 e. The van der Waals surface area contributed by atoms with Gasteiger partial charge in [0, 0.05) is 0 Å². The summed E-state index contributed by atoms with van der Waals surface area (Å²) in [7, 11) is -4.64. The lowest BCUT2D eigenvalue weighted by Crippen LogP contribution is -2.28. The number of benzene rings is 1. The highest BCUT2D eigenvalue weighted by molar-refractivity contribution is 7.88. The molecule has 0 spiro atoms. The molecule has 0 bridgehead atoms. The second-order valence-corrected chi connectivity index (χ2v) is 6.33.